The van der Waals surface area contributed by atoms with Gasteiger partial charge in [-0.15, -0.1) is 11.3 Å². The molecule has 0 saturated heterocycles. The van der Waals surface area contributed by atoms with Crippen LogP contribution in [0, 0.1) is 6.92 Å². The van der Waals surface area contributed by atoms with Crippen molar-refractivity contribution < 1.29 is 27.5 Å². The van der Waals surface area contributed by atoms with E-state index in [1.807, 2.05) is 6.92 Å². The number of hydrogen-bond acceptors (Lipinski definition) is 6. The minimum atomic E-state index is -4.69. The van der Waals surface area contributed by atoms with Gasteiger partial charge in [-0.1, -0.05) is 6.92 Å². The molecule has 1 N–H and O–H groups in total. The highest BCUT2D eigenvalue weighted by molar-refractivity contribution is 9.10. The van der Waals surface area contributed by atoms with Crippen molar-refractivity contribution in [3.05, 3.63) is 43.6 Å². The maximum absolute atomic E-state index is 13.5. The molecule has 3 heterocycles. The van der Waals surface area contributed by atoms with E-state index in [0.717, 1.165) is 35.8 Å². The fraction of sp³-hybridized carbons (Fsp3) is 0.455. The van der Waals surface area contributed by atoms with Gasteiger partial charge in [0.15, 0.2) is 11.3 Å². The summed E-state index contributed by atoms with van der Waals surface area (Å²) in [6.07, 6.45) is -0.961. The minimum absolute atomic E-state index is 0.0317. The lowest BCUT2D eigenvalue weighted by molar-refractivity contribution is -0.142. The van der Waals surface area contributed by atoms with E-state index in [2.05, 4.69) is 31.3 Å². The monoisotopic (exact) mass is 558 g/mol. The van der Waals surface area contributed by atoms with Gasteiger partial charge in [0.2, 0.25) is 0 Å². The Morgan fingerprint density at radius 3 is 2.71 bits per heavy atom. The molecule has 1 aliphatic carbocycles. The Bertz CT molecular complexity index is 1280. The number of ether oxygens (including phenoxy) is 1. The molecule has 12 heteroatoms. The van der Waals surface area contributed by atoms with Crippen LogP contribution in [-0.4, -0.2) is 32.6 Å². The molecule has 3 aromatic heterocycles. The molecule has 4 rings (SSSR count). The standard InChI is InChI=1S/C22H22BrF3N4O3S/c1-4-11(3)33-21(32)15-12-7-5-6-8-13(12)34-20(15)28-19(31)17-16(23)18-27-10(2)9-14(22(24,25)26)30(18)29-17/h9,11H,4-8H2,1-3H3,(H,28,31). The summed E-state index contributed by atoms with van der Waals surface area (Å²) in [5, 5.41) is 6.91. The Morgan fingerprint density at radius 2 is 2.03 bits per heavy atom. The normalized spacial score (nSPS) is 14.7. The minimum Gasteiger partial charge on any atom is -0.459 e. The quantitative estimate of drug-likeness (QED) is 0.390. The number of esters is 1. The van der Waals surface area contributed by atoms with Gasteiger partial charge in [0.1, 0.15) is 10.7 Å². The molecule has 1 unspecified atom stereocenters. The highest BCUT2D eigenvalue weighted by Crippen LogP contribution is 2.39. The fourth-order valence-corrected chi connectivity index (χ4v) is 5.61. The number of rotatable bonds is 5. The maximum atomic E-state index is 13.5. The molecule has 1 aliphatic rings. The number of anilines is 1. The van der Waals surface area contributed by atoms with E-state index in [-0.39, 0.29) is 27.6 Å². The number of thiophene rings is 1. The Kier molecular flexibility index (Phi) is 6.74. The Hall–Kier alpha value is -2.47. The molecular weight excluding hydrogens is 537 g/mol. The molecule has 7 nitrogen and oxygen atoms in total. The third-order valence-corrected chi connectivity index (χ3v) is 7.59. The third-order valence-electron chi connectivity index (χ3n) is 5.65. The smallest absolute Gasteiger partial charge is 0.433 e. The molecule has 0 fully saturated rings. The first-order valence-electron chi connectivity index (χ1n) is 10.8. The Labute approximate surface area is 205 Å². The zero-order chi connectivity index (χ0) is 24.8. The largest absolute Gasteiger partial charge is 0.459 e. The number of nitrogens with one attached hydrogen (secondary N) is 1. The maximum Gasteiger partial charge on any atom is 0.433 e. The highest BCUT2D eigenvalue weighted by atomic mass is 79.9. The number of aryl methyl sites for hydroxylation is 2. The van der Waals surface area contributed by atoms with Gasteiger partial charge in [0, 0.05) is 10.6 Å². The zero-order valence-corrected chi connectivity index (χ0v) is 21.1. The summed E-state index contributed by atoms with van der Waals surface area (Å²) < 4.78 is 46.8. The summed E-state index contributed by atoms with van der Waals surface area (Å²) >= 11 is 4.48. The van der Waals surface area contributed by atoms with Crippen LogP contribution in [-0.2, 0) is 23.8 Å². The van der Waals surface area contributed by atoms with Crippen molar-refractivity contribution in [2.75, 3.05) is 5.32 Å². The average molecular weight is 559 g/mol. The van der Waals surface area contributed by atoms with Crippen LogP contribution in [0.1, 0.15) is 75.8 Å². The first-order valence-corrected chi connectivity index (χ1v) is 12.4. The van der Waals surface area contributed by atoms with E-state index in [9.17, 15) is 22.8 Å². The second-order valence-electron chi connectivity index (χ2n) is 8.17. The van der Waals surface area contributed by atoms with Crippen LogP contribution in [0.4, 0.5) is 18.2 Å². The van der Waals surface area contributed by atoms with Crippen molar-refractivity contribution in [2.45, 2.75) is 65.2 Å². The van der Waals surface area contributed by atoms with E-state index in [1.54, 1.807) is 6.92 Å². The number of carbonyl (C=O) groups excluding carboxylic acids is 2. The molecule has 0 aromatic carbocycles. The van der Waals surface area contributed by atoms with Gasteiger partial charge in [0.25, 0.3) is 5.91 Å². The first-order chi connectivity index (χ1) is 16.0. The molecule has 1 atom stereocenters. The lowest BCUT2D eigenvalue weighted by atomic mass is 9.95. The van der Waals surface area contributed by atoms with E-state index in [4.69, 9.17) is 4.74 Å². The van der Waals surface area contributed by atoms with Crippen LogP contribution in [0.5, 0.6) is 0 Å². The summed E-state index contributed by atoms with van der Waals surface area (Å²) in [4.78, 5) is 31.2. The van der Waals surface area contributed by atoms with Crippen molar-refractivity contribution in [3.8, 4) is 0 Å². The van der Waals surface area contributed by atoms with Crippen molar-refractivity contribution in [1.82, 2.24) is 14.6 Å². The first kappa shape index (κ1) is 24.6. The average Bonchev–Trinajstić information content (AvgIpc) is 3.29. The second kappa shape index (κ2) is 9.29. The van der Waals surface area contributed by atoms with Crippen LogP contribution in [0.25, 0.3) is 5.65 Å². The van der Waals surface area contributed by atoms with Crippen molar-refractivity contribution in [2.24, 2.45) is 0 Å². The summed E-state index contributed by atoms with van der Waals surface area (Å²) in [7, 11) is 0. The predicted molar refractivity (Wildman–Crippen MR) is 125 cm³/mol. The van der Waals surface area contributed by atoms with Gasteiger partial charge in [0.05, 0.1) is 16.1 Å². The van der Waals surface area contributed by atoms with Gasteiger partial charge in [-0.25, -0.2) is 14.3 Å². The molecule has 34 heavy (non-hydrogen) atoms. The summed E-state index contributed by atoms with van der Waals surface area (Å²) in [6.45, 7) is 5.12. The fourth-order valence-electron chi connectivity index (χ4n) is 3.82. The zero-order valence-electron chi connectivity index (χ0n) is 18.7. The molecule has 182 valence electrons. The highest BCUT2D eigenvalue weighted by Gasteiger charge is 2.36. The van der Waals surface area contributed by atoms with Crippen LogP contribution >= 0.6 is 27.3 Å². The van der Waals surface area contributed by atoms with Crippen LogP contribution in [0.3, 0.4) is 0 Å². The number of halogens is 4. The second-order valence-corrected chi connectivity index (χ2v) is 10.1. The predicted octanol–water partition coefficient (Wildman–Crippen LogP) is 5.97. The lowest BCUT2D eigenvalue weighted by Gasteiger charge is -2.15. The number of aromatic nitrogens is 3. The number of amides is 1. The number of hydrogen-bond donors (Lipinski definition) is 1. The molecule has 0 saturated carbocycles. The van der Waals surface area contributed by atoms with Gasteiger partial charge >= 0.3 is 12.1 Å². The number of carbonyl (C=O) groups is 2. The molecule has 0 radical (unpaired) electrons. The summed E-state index contributed by atoms with van der Waals surface area (Å²) in [6, 6.07) is 0.866. The number of nitrogens with zero attached hydrogens (tertiary/aromatic N) is 3. The number of fused-ring (bicyclic) bond motifs is 2. The Balaban J connectivity index is 1.74. The molecule has 0 spiro atoms. The van der Waals surface area contributed by atoms with Gasteiger partial charge < -0.3 is 10.1 Å². The molecule has 0 bridgehead atoms. The van der Waals surface area contributed by atoms with Crippen LogP contribution in [0.15, 0.2) is 10.5 Å². The van der Waals surface area contributed by atoms with Crippen molar-refractivity contribution in [1.29, 1.82) is 0 Å². The molecular formula is C22H22BrF3N4O3S. The van der Waals surface area contributed by atoms with E-state index in [1.165, 1.54) is 18.3 Å². The van der Waals surface area contributed by atoms with Gasteiger partial charge in [-0.3, -0.25) is 4.79 Å². The van der Waals surface area contributed by atoms with E-state index in [0.29, 0.717) is 27.9 Å². The van der Waals surface area contributed by atoms with Crippen molar-refractivity contribution >= 4 is 49.8 Å². The summed E-state index contributed by atoms with van der Waals surface area (Å²) in [5.41, 5.74) is -0.119. The lowest BCUT2D eigenvalue weighted by Crippen LogP contribution is -2.19. The third kappa shape index (κ3) is 4.57. The number of alkyl halides is 3. The van der Waals surface area contributed by atoms with Crippen molar-refractivity contribution in [3.63, 3.8) is 0 Å². The molecule has 0 aliphatic heterocycles. The van der Waals surface area contributed by atoms with E-state index >= 15 is 0 Å². The van der Waals surface area contributed by atoms with E-state index < -0.39 is 23.7 Å². The van der Waals surface area contributed by atoms with Gasteiger partial charge in [-0.2, -0.15) is 18.3 Å². The van der Waals surface area contributed by atoms with Crippen LogP contribution < -0.4 is 5.32 Å². The Morgan fingerprint density at radius 1 is 1.32 bits per heavy atom. The molecule has 1 amide bonds. The topological polar surface area (TPSA) is 85.6 Å². The molecule has 3 aromatic rings. The van der Waals surface area contributed by atoms with Crippen LogP contribution in [0.2, 0.25) is 0 Å². The SMILES string of the molecule is CCC(C)OC(=O)c1c(NC(=O)c2nn3c(C(F)(F)F)cc(C)nc3c2Br)sc2c1CCCC2. The van der Waals surface area contributed by atoms with Gasteiger partial charge in [-0.05, 0) is 73.5 Å². The summed E-state index contributed by atoms with van der Waals surface area (Å²) in [5.74, 6) is -1.27.